The van der Waals surface area contributed by atoms with E-state index in [9.17, 15) is 9.59 Å². The second-order valence-corrected chi connectivity index (χ2v) is 8.45. The SMILES string of the molecule is O=C(OCC=CCOC(=O)C(Br)Br)C(Br)Br. The quantitative estimate of drug-likeness (QED) is 0.328. The average Bonchev–Trinajstić information content (AvgIpc) is 2.21. The minimum atomic E-state index is -0.506. The lowest BCUT2D eigenvalue weighted by molar-refractivity contribution is -0.141. The first-order chi connectivity index (χ1) is 7.45. The number of hydrogen-bond donors (Lipinski definition) is 0. The first-order valence-corrected chi connectivity index (χ1v) is 7.66. The van der Waals surface area contributed by atoms with E-state index < -0.39 is 19.4 Å². The number of rotatable bonds is 6. The molecular formula is C8H8Br4O4. The molecule has 0 amide bonds. The first-order valence-electron chi connectivity index (χ1n) is 3.99. The number of hydrogen-bond acceptors (Lipinski definition) is 4. The maximum Gasteiger partial charge on any atom is 0.330 e. The van der Waals surface area contributed by atoms with Gasteiger partial charge < -0.3 is 9.47 Å². The fourth-order valence-corrected chi connectivity index (χ4v) is 1.05. The van der Waals surface area contributed by atoms with Gasteiger partial charge >= 0.3 is 11.9 Å². The lowest BCUT2D eigenvalue weighted by Gasteiger charge is -2.02. The van der Waals surface area contributed by atoms with Gasteiger partial charge in [-0.3, -0.25) is 0 Å². The van der Waals surface area contributed by atoms with Gasteiger partial charge in [0.15, 0.2) is 7.47 Å². The van der Waals surface area contributed by atoms with Crippen LogP contribution in [0.3, 0.4) is 0 Å². The Morgan fingerprint density at radius 1 is 0.875 bits per heavy atom. The van der Waals surface area contributed by atoms with Crippen LogP contribution in [-0.2, 0) is 19.1 Å². The summed E-state index contributed by atoms with van der Waals surface area (Å²) in [6.45, 7) is 0.270. The van der Waals surface area contributed by atoms with Gasteiger partial charge in [-0.1, -0.05) is 63.7 Å². The summed E-state index contributed by atoms with van der Waals surface area (Å²) in [4.78, 5) is 21.9. The van der Waals surface area contributed by atoms with Crippen LogP contribution in [0.4, 0.5) is 0 Å². The number of halogens is 4. The molecule has 16 heavy (non-hydrogen) atoms. The Kier molecular flexibility index (Phi) is 9.97. The highest BCUT2D eigenvalue weighted by Crippen LogP contribution is 2.10. The van der Waals surface area contributed by atoms with Crippen molar-refractivity contribution in [2.24, 2.45) is 0 Å². The second-order valence-electron chi connectivity index (χ2n) is 2.33. The molecule has 0 radical (unpaired) electrons. The lowest BCUT2D eigenvalue weighted by Crippen LogP contribution is -2.12. The molecule has 0 saturated heterocycles. The Morgan fingerprint density at radius 3 is 1.44 bits per heavy atom. The van der Waals surface area contributed by atoms with Gasteiger partial charge in [-0.05, 0) is 12.2 Å². The summed E-state index contributed by atoms with van der Waals surface area (Å²) in [7, 11) is 0. The topological polar surface area (TPSA) is 52.6 Å². The average molecular weight is 488 g/mol. The number of alkyl halides is 4. The van der Waals surface area contributed by atoms with E-state index in [-0.39, 0.29) is 13.2 Å². The lowest BCUT2D eigenvalue weighted by atomic mass is 10.5. The van der Waals surface area contributed by atoms with E-state index in [4.69, 9.17) is 9.47 Å². The smallest absolute Gasteiger partial charge is 0.330 e. The zero-order valence-electron chi connectivity index (χ0n) is 7.87. The molecule has 0 bridgehead atoms. The van der Waals surface area contributed by atoms with Crippen molar-refractivity contribution in [1.29, 1.82) is 0 Å². The number of carbonyl (C=O) groups excluding carboxylic acids is 2. The van der Waals surface area contributed by atoms with Gasteiger partial charge in [0.25, 0.3) is 0 Å². The van der Waals surface area contributed by atoms with Gasteiger partial charge in [0.1, 0.15) is 13.2 Å². The van der Waals surface area contributed by atoms with Gasteiger partial charge in [0.05, 0.1) is 0 Å². The van der Waals surface area contributed by atoms with E-state index in [0.717, 1.165) is 0 Å². The summed E-state index contributed by atoms with van der Waals surface area (Å²) in [5.74, 6) is -0.828. The molecule has 0 N–H and O–H groups in total. The fraction of sp³-hybridized carbons (Fsp3) is 0.500. The van der Waals surface area contributed by atoms with Crippen molar-refractivity contribution >= 4 is 75.7 Å². The number of esters is 2. The number of carbonyl (C=O) groups is 2. The largest absolute Gasteiger partial charge is 0.460 e. The van der Waals surface area contributed by atoms with Gasteiger partial charge in [0.2, 0.25) is 0 Å². The highest BCUT2D eigenvalue weighted by atomic mass is 79.9. The van der Waals surface area contributed by atoms with Crippen LogP contribution in [0.15, 0.2) is 12.2 Å². The molecule has 92 valence electrons. The molecule has 8 heteroatoms. The van der Waals surface area contributed by atoms with Gasteiger partial charge in [-0.15, -0.1) is 0 Å². The third-order valence-electron chi connectivity index (χ3n) is 1.17. The van der Waals surface area contributed by atoms with Crippen LogP contribution in [0.5, 0.6) is 0 Å². The Morgan fingerprint density at radius 2 is 1.19 bits per heavy atom. The van der Waals surface area contributed by atoms with Crippen molar-refractivity contribution in [2.75, 3.05) is 13.2 Å². The molecule has 4 nitrogen and oxygen atoms in total. The third-order valence-corrected chi connectivity index (χ3v) is 2.66. The molecule has 0 rings (SSSR count). The van der Waals surface area contributed by atoms with Crippen molar-refractivity contribution in [1.82, 2.24) is 0 Å². The Bertz CT molecular complexity index is 239. The van der Waals surface area contributed by atoms with E-state index in [1.165, 1.54) is 0 Å². The molecule has 0 aromatic rings. The molecular weight excluding hydrogens is 480 g/mol. The molecule has 0 fully saturated rings. The molecule has 0 aliphatic rings. The fourth-order valence-electron chi connectivity index (χ4n) is 0.523. The summed E-state index contributed by atoms with van der Waals surface area (Å²) in [5, 5.41) is 0. The summed E-state index contributed by atoms with van der Waals surface area (Å²) in [6, 6.07) is 0. The standard InChI is InChI=1S/C8H8Br4O4/c9-5(10)7(13)15-3-1-2-4-16-8(14)6(11)12/h1-2,5-6H,3-4H2. The van der Waals surface area contributed by atoms with Crippen molar-refractivity contribution in [2.45, 2.75) is 7.47 Å². The molecule has 0 aromatic heterocycles. The van der Waals surface area contributed by atoms with E-state index in [0.29, 0.717) is 0 Å². The molecule has 0 aliphatic carbocycles. The van der Waals surface area contributed by atoms with E-state index in [1.54, 1.807) is 12.2 Å². The minimum Gasteiger partial charge on any atom is -0.460 e. The second kappa shape index (κ2) is 9.61. The monoisotopic (exact) mass is 484 g/mol. The molecule has 0 aromatic carbocycles. The van der Waals surface area contributed by atoms with Crippen molar-refractivity contribution in [3.8, 4) is 0 Å². The molecule has 0 unspecified atom stereocenters. The van der Waals surface area contributed by atoms with Gasteiger partial charge in [-0.2, -0.15) is 0 Å². The van der Waals surface area contributed by atoms with Crippen LogP contribution in [0.25, 0.3) is 0 Å². The predicted molar refractivity (Wildman–Crippen MR) is 74.3 cm³/mol. The van der Waals surface area contributed by atoms with Crippen LogP contribution in [0.1, 0.15) is 0 Å². The Balaban J connectivity index is 3.56. The van der Waals surface area contributed by atoms with Crippen LogP contribution < -0.4 is 0 Å². The first kappa shape index (κ1) is 16.6. The highest BCUT2D eigenvalue weighted by molar-refractivity contribution is 9.25. The van der Waals surface area contributed by atoms with Crippen LogP contribution in [0.2, 0.25) is 0 Å². The molecule has 0 spiro atoms. The van der Waals surface area contributed by atoms with Crippen molar-refractivity contribution < 1.29 is 19.1 Å². The summed E-state index contributed by atoms with van der Waals surface area (Å²) in [5.41, 5.74) is 0. The van der Waals surface area contributed by atoms with Crippen molar-refractivity contribution in [3.63, 3.8) is 0 Å². The van der Waals surface area contributed by atoms with E-state index in [1.807, 2.05) is 0 Å². The summed E-state index contributed by atoms with van der Waals surface area (Å²) in [6.07, 6.45) is 3.18. The minimum absolute atomic E-state index is 0.135. The normalized spacial score (nSPS) is 11.1. The highest BCUT2D eigenvalue weighted by Gasteiger charge is 2.11. The third kappa shape index (κ3) is 8.72. The zero-order valence-corrected chi connectivity index (χ0v) is 14.2. The zero-order chi connectivity index (χ0) is 12.6. The van der Waals surface area contributed by atoms with E-state index in [2.05, 4.69) is 63.7 Å². The molecule has 0 saturated carbocycles. The van der Waals surface area contributed by atoms with Gasteiger partial charge in [0, 0.05) is 0 Å². The Hall–Kier alpha value is 0.600. The van der Waals surface area contributed by atoms with Gasteiger partial charge in [-0.25, -0.2) is 9.59 Å². The van der Waals surface area contributed by atoms with Crippen LogP contribution in [0, 0.1) is 0 Å². The maximum atomic E-state index is 10.9. The van der Waals surface area contributed by atoms with Crippen LogP contribution >= 0.6 is 63.7 Å². The molecule has 0 atom stereocenters. The van der Waals surface area contributed by atoms with E-state index >= 15 is 0 Å². The van der Waals surface area contributed by atoms with Crippen LogP contribution in [-0.4, -0.2) is 32.6 Å². The molecule has 0 heterocycles. The Labute approximate surface area is 127 Å². The number of ether oxygens (including phenoxy) is 2. The van der Waals surface area contributed by atoms with Crippen molar-refractivity contribution in [3.05, 3.63) is 12.2 Å². The maximum absolute atomic E-state index is 10.9. The summed E-state index contributed by atoms with van der Waals surface area (Å²) >= 11 is 12.0. The molecule has 0 aliphatic heterocycles. The predicted octanol–water partition coefficient (Wildman–Crippen LogP) is 2.86. The summed E-state index contributed by atoms with van der Waals surface area (Å²) < 4.78 is 8.55.